The van der Waals surface area contributed by atoms with Crippen molar-refractivity contribution in [2.45, 2.75) is 13.5 Å². The maximum absolute atomic E-state index is 12.2. The van der Waals surface area contributed by atoms with Crippen molar-refractivity contribution in [3.05, 3.63) is 70.6 Å². The Morgan fingerprint density at radius 2 is 1.89 bits per heavy atom. The van der Waals surface area contributed by atoms with E-state index in [-0.39, 0.29) is 12.5 Å². The highest BCUT2D eigenvalue weighted by Crippen LogP contribution is 2.19. The molecule has 7 heteroatoms. The van der Waals surface area contributed by atoms with Crippen molar-refractivity contribution in [3.63, 3.8) is 0 Å². The first kappa shape index (κ1) is 18.7. The van der Waals surface area contributed by atoms with Crippen LogP contribution in [-0.2, 0) is 11.3 Å². The van der Waals surface area contributed by atoms with Gasteiger partial charge in [0.1, 0.15) is 5.75 Å². The summed E-state index contributed by atoms with van der Waals surface area (Å²) in [5, 5.41) is 7.35. The number of carbonyl (C=O) groups is 1. The van der Waals surface area contributed by atoms with Crippen LogP contribution in [0, 0.1) is 0 Å². The minimum absolute atomic E-state index is 0.147. The van der Waals surface area contributed by atoms with Gasteiger partial charge in [0, 0.05) is 16.2 Å². The van der Waals surface area contributed by atoms with Crippen LogP contribution in [0.2, 0.25) is 5.02 Å². The van der Waals surface area contributed by atoms with Crippen LogP contribution in [-0.4, -0.2) is 23.2 Å². The lowest BCUT2D eigenvalue weighted by molar-refractivity contribution is -0.117. The molecule has 3 rings (SSSR count). The topological polar surface area (TPSA) is 77.3 Å². The Morgan fingerprint density at radius 1 is 1.19 bits per heavy atom. The third-order valence-electron chi connectivity index (χ3n) is 3.83. The molecular weight excluding hydrogens is 366 g/mol. The van der Waals surface area contributed by atoms with Crippen LogP contribution in [0.3, 0.4) is 0 Å². The van der Waals surface area contributed by atoms with Gasteiger partial charge in [-0.25, -0.2) is 0 Å². The fourth-order valence-corrected chi connectivity index (χ4v) is 2.48. The quantitative estimate of drug-likeness (QED) is 0.648. The number of benzene rings is 2. The molecule has 1 amide bonds. The molecule has 0 radical (unpaired) electrons. The largest absolute Gasteiger partial charge is 0.497 e. The highest BCUT2D eigenvalue weighted by atomic mass is 35.5. The molecule has 138 valence electrons. The number of aromatic nitrogens is 2. The van der Waals surface area contributed by atoms with Gasteiger partial charge in [0.25, 0.3) is 0 Å². The Labute approximate surface area is 161 Å². The minimum Gasteiger partial charge on any atom is -0.497 e. The molecule has 0 atom stereocenters. The second-order valence-electron chi connectivity index (χ2n) is 5.80. The highest BCUT2D eigenvalue weighted by molar-refractivity contribution is 6.30. The van der Waals surface area contributed by atoms with Gasteiger partial charge in [0.15, 0.2) is 0 Å². The summed E-state index contributed by atoms with van der Waals surface area (Å²) in [5.74, 6) is 1.32. The van der Waals surface area contributed by atoms with E-state index in [0.29, 0.717) is 22.3 Å². The minimum atomic E-state index is -0.214. The molecule has 0 aliphatic heterocycles. The zero-order chi connectivity index (χ0) is 19.2. The molecular formula is C20H18ClN3O3. The second-order valence-corrected chi connectivity index (χ2v) is 6.24. The lowest BCUT2D eigenvalue weighted by Crippen LogP contribution is -2.23. The van der Waals surface area contributed by atoms with Crippen molar-refractivity contribution in [2.24, 2.45) is 0 Å². The molecule has 0 unspecified atom stereocenters. The van der Waals surface area contributed by atoms with Crippen LogP contribution in [0.5, 0.6) is 5.75 Å². The van der Waals surface area contributed by atoms with Gasteiger partial charge in [-0.2, -0.15) is 4.98 Å². The van der Waals surface area contributed by atoms with Gasteiger partial charge in [-0.15, -0.1) is 0 Å². The molecule has 0 saturated carbocycles. The Balaban J connectivity index is 1.60. The summed E-state index contributed by atoms with van der Waals surface area (Å²) in [4.78, 5) is 16.5. The maximum Gasteiger partial charge on any atom is 0.247 e. The molecule has 1 aromatic heterocycles. The zero-order valence-electron chi connectivity index (χ0n) is 14.9. The van der Waals surface area contributed by atoms with Crippen molar-refractivity contribution in [2.75, 3.05) is 7.11 Å². The van der Waals surface area contributed by atoms with Gasteiger partial charge in [0.2, 0.25) is 17.6 Å². The molecule has 6 nitrogen and oxygen atoms in total. The predicted molar refractivity (Wildman–Crippen MR) is 103 cm³/mol. The van der Waals surface area contributed by atoms with Crippen LogP contribution < -0.4 is 10.1 Å². The fourth-order valence-electron chi connectivity index (χ4n) is 2.35. The van der Waals surface area contributed by atoms with Gasteiger partial charge < -0.3 is 14.6 Å². The van der Waals surface area contributed by atoms with E-state index >= 15 is 0 Å². The molecule has 0 aliphatic rings. The van der Waals surface area contributed by atoms with Gasteiger partial charge in [0.05, 0.1) is 13.7 Å². The fraction of sp³-hybridized carbons (Fsp3) is 0.150. The van der Waals surface area contributed by atoms with Crippen molar-refractivity contribution in [1.82, 2.24) is 15.5 Å². The highest BCUT2D eigenvalue weighted by Gasteiger charge is 2.11. The molecule has 0 bridgehead atoms. The van der Waals surface area contributed by atoms with E-state index in [9.17, 15) is 4.79 Å². The summed E-state index contributed by atoms with van der Waals surface area (Å²) in [6.07, 6.45) is 1.78. The normalized spacial score (nSPS) is 11.3. The van der Waals surface area contributed by atoms with Crippen LogP contribution in [0.25, 0.3) is 17.5 Å². The molecule has 27 heavy (non-hydrogen) atoms. The van der Waals surface area contributed by atoms with E-state index in [2.05, 4.69) is 15.5 Å². The molecule has 3 aromatic rings. The molecule has 0 fully saturated rings. The summed E-state index contributed by atoms with van der Waals surface area (Å²) in [5.41, 5.74) is 2.26. The van der Waals surface area contributed by atoms with E-state index < -0.39 is 0 Å². The zero-order valence-corrected chi connectivity index (χ0v) is 15.7. The van der Waals surface area contributed by atoms with E-state index in [1.54, 1.807) is 32.2 Å². The number of nitrogens with zero attached hydrogens (tertiary/aromatic N) is 2. The lowest BCUT2D eigenvalue weighted by Gasteiger charge is -2.03. The molecule has 2 aromatic carbocycles. The second kappa shape index (κ2) is 8.51. The molecule has 0 spiro atoms. The van der Waals surface area contributed by atoms with E-state index in [4.69, 9.17) is 20.9 Å². The number of methoxy groups -OCH3 is 1. The molecule has 0 saturated heterocycles. The van der Waals surface area contributed by atoms with Crippen molar-refractivity contribution < 1.29 is 14.1 Å². The van der Waals surface area contributed by atoms with Crippen molar-refractivity contribution in [3.8, 4) is 17.1 Å². The third kappa shape index (κ3) is 4.95. The van der Waals surface area contributed by atoms with Crippen LogP contribution in [0.4, 0.5) is 0 Å². The van der Waals surface area contributed by atoms with Gasteiger partial charge in [-0.3, -0.25) is 4.79 Å². The van der Waals surface area contributed by atoms with Gasteiger partial charge in [-0.1, -0.05) is 28.9 Å². The van der Waals surface area contributed by atoms with E-state index in [0.717, 1.165) is 16.9 Å². The van der Waals surface area contributed by atoms with Crippen LogP contribution in [0.15, 0.2) is 58.6 Å². The average molecular weight is 384 g/mol. The van der Waals surface area contributed by atoms with Crippen LogP contribution in [0.1, 0.15) is 18.4 Å². The van der Waals surface area contributed by atoms with Gasteiger partial charge in [-0.05, 0) is 55.0 Å². The lowest BCUT2D eigenvalue weighted by atomic mass is 10.1. The Kier molecular flexibility index (Phi) is 5.88. The molecule has 1 N–H and O–H groups in total. The Bertz CT molecular complexity index is 947. The number of hydrogen-bond acceptors (Lipinski definition) is 5. The number of rotatable bonds is 6. The van der Waals surface area contributed by atoms with E-state index in [1.807, 2.05) is 36.4 Å². The first-order valence-electron chi connectivity index (χ1n) is 8.24. The average Bonchev–Trinajstić information content (AvgIpc) is 3.17. The number of halogens is 1. The van der Waals surface area contributed by atoms with E-state index in [1.165, 1.54) is 0 Å². The van der Waals surface area contributed by atoms with Crippen molar-refractivity contribution >= 4 is 23.6 Å². The number of nitrogens with one attached hydrogen (secondary N) is 1. The van der Waals surface area contributed by atoms with Crippen LogP contribution >= 0.6 is 11.6 Å². The number of amides is 1. The number of ether oxygens (including phenoxy) is 1. The Hall–Kier alpha value is -3.12. The first-order chi connectivity index (χ1) is 13.0. The Morgan fingerprint density at radius 3 is 2.56 bits per heavy atom. The smallest absolute Gasteiger partial charge is 0.247 e. The first-order valence-corrected chi connectivity index (χ1v) is 8.62. The third-order valence-corrected chi connectivity index (χ3v) is 4.08. The summed E-state index contributed by atoms with van der Waals surface area (Å²) >= 11 is 5.86. The SMILES string of the molecule is COc1ccc(-c2noc(CNC(=O)/C(C)=C/c3ccc(Cl)cc3)n2)cc1. The van der Waals surface area contributed by atoms with Crippen molar-refractivity contribution in [1.29, 1.82) is 0 Å². The summed E-state index contributed by atoms with van der Waals surface area (Å²) in [7, 11) is 1.60. The molecule has 1 heterocycles. The summed E-state index contributed by atoms with van der Waals surface area (Å²) in [6, 6.07) is 14.6. The predicted octanol–water partition coefficient (Wildman–Crippen LogP) is 4.12. The standard InChI is InChI=1S/C20H18ClN3O3/c1-13(11-14-3-7-16(21)8-4-14)20(25)22-12-18-23-19(24-27-18)15-5-9-17(26-2)10-6-15/h3-11H,12H2,1-2H3,(H,22,25)/b13-11+. The molecule has 0 aliphatic carbocycles. The maximum atomic E-state index is 12.2. The number of hydrogen-bond donors (Lipinski definition) is 1. The monoisotopic (exact) mass is 383 g/mol. The van der Waals surface area contributed by atoms with Gasteiger partial charge >= 0.3 is 0 Å². The number of carbonyl (C=O) groups excluding carboxylic acids is 1. The summed E-state index contributed by atoms with van der Waals surface area (Å²) in [6.45, 7) is 1.88. The summed E-state index contributed by atoms with van der Waals surface area (Å²) < 4.78 is 10.3.